The van der Waals surface area contributed by atoms with E-state index in [9.17, 15) is 4.79 Å². The van der Waals surface area contributed by atoms with Crippen molar-refractivity contribution < 1.29 is 4.79 Å². The minimum Gasteiger partial charge on any atom is -0.362 e. The first-order chi connectivity index (χ1) is 14.3. The Morgan fingerprint density at radius 2 is 2.10 bits per heavy atom. The fourth-order valence-corrected chi connectivity index (χ4v) is 5.14. The number of rotatable bonds is 3. The maximum Gasteiger partial charge on any atom is 0.250 e. The van der Waals surface area contributed by atoms with Gasteiger partial charge in [-0.2, -0.15) is 15.3 Å². The number of amides is 1. The van der Waals surface area contributed by atoms with E-state index in [1.54, 1.807) is 4.68 Å². The molecular weight excluding hydrogens is 376 g/mol. The van der Waals surface area contributed by atoms with E-state index in [0.29, 0.717) is 0 Å². The second-order valence-corrected chi connectivity index (χ2v) is 8.97. The third-order valence-corrected chi connectivity index (χ3v) is 6.43. The number of aryl methyl sites for hydroxylation is 1. The van der Waals surface area contributed by atoms with E-state index >= 15 is 0 Å². The maximum absolute atomic E-state index is 13.4. The van der Waals surface area contributed by atoms with Crippen molar-refractivity contribution in [1.29, 1.82) is 0 Å². The number of hydrogen-bond donors (Lipinski definition) is 2. The number of azo groups is 1. The summed E-state index contributed by atoms with van der Waals surface area (Å²) in [6, 6.07) is 8.43. The molecule has 0 fully saturated rings. The molecule has 2 N–H and O–H groups in total. The number of carbonyl (C=O) groups excluding carboxylic acids is 1. The van der Waals surface area contributed by atoms with Crippen LogP contribution in [-0.2, 0) is 17.3 Å². The van der Waals surface area contributed by atoms with Crippen LogP contribution in [0.2, 0.25) is 0 Å². The van der Waals surface area contributed by atoms with Crippen molar-refractivity contribution in [3.8, 4) is 11.1 Å². The van der Waals surface area contributed by atoms with Crippen LogP contribution in [0, 0.1) is 0 Å². The summed E-state index contributed by atoms with van der Waals surface area (Å²) in [4.78, 5) is 13.4. The average Bonchev–Trinajstić information content (AvgIpc) is 3.34. The molecule has 0 saturated carbocycles. The smallest absolute Gasteiger partial charge is 0.250 e. The second-order valence-electron chi connectivity index (χ2n) is 8.97. The standard InChI is InChI=1S/C23H26N6O/c1-5-23(16-8-6-7-14(9-16)15-11-25-29(4)13-15)17-12-24-28-20(17)26-18-10-22(2,3)27-21(30)19(18)23/h6-9,11-13,20,26H,5,10H2,1-4H3,(H,27,30). The Hall–Kier alpha value is -3.22. The molecule has 3 aliphatic rings. The Labute approximate surface area is 176 Å². The summed E-state index contributed by atoms with van der Waals surface area (Å²) in [5.41, 5.74) is 5.12. The minimum atomic E-state index is -0.576. The topological polar surface area (TPSA) is 83.7 Å². The minimum absolute atomic E-state index is 0.0198. The SMILES string of the molecule is CCC1(c2cccc(-c3cnn(C)c3)c2)C2=CN=NC2NC2=C1C(=O)NC(C)(C)C2. The van der Waals surface area contributed by atoms with Crippen molar-refractivity contribution in [2.75, 3.05) is 0 Å². The van der Waals surface area contributed by atoms with Crippen LogP contribution >= 0.6 is 0 Å². The number of carbonyl (C=O) groups is 1. The Bertz CT molecular complexity index is 1140. The fourth-order valence-electron chi connectivity index (χ4n) is 5.14. The van der Waals surface area contributed by atoms with Crippen molar-refractivity contribution in [1.82, 2.24) is 20.4 Å². The van der Waals surface area contributed by atoms with Crippen molar-refractivity contribution in [2.45, 2.75) is 50.7 Å². The van der Waals surface area contributed by atoms with E-state index in [-0.39, 0.29) is 17.6 Å². The lowest BCUT2D eigenvalue weighted by molar-refractivity contribution is -0.120. The molecule has 1 amide bonds. The normalized spacial score (nSPS) is 26.6. The summed E-state index contributed by atoms with van der Waals surface area (Å²) in [7, 11) is 1.91. The van der Waals surface area contributed by atoms with E-state index in [1.165, 1.54) is 0 Å². The highest BCUT2D eigenvalue weighted by Crippen LogP contribution is 2.51. The molecule has 154 valence electrons. The fraction of sp³-hybridized carbons (Fsp3) is 0.391. The molecule has 3 aliphatic heterocycles. The molecule has 1 aromatic heterocycles. The molecule has 5 rings (SSSR count). The van der Waals surface area contributed by atoms with Gasteiger partial charge in [0.05, 0.1) is 23.4 Å². The average molecular weight is 403 g/mol. The second kappa shape index (κ2) is 6.39. The lowest BCUT2D eigenvalue weighted by atomic mass is 9.62. The number of hydrogen-bond acceptors (Lipinski definition) is 5. The molecule has 7 heteroatoms. The Kier molecular flexibility index (Phi) is 4.00. The molecule has 0 spiro atoms. The molecule has 0 saturated heterocycles. The van der Waals surface area contributed by atoms with Crippen molar-refractivity contribution in [3.05, 3.63) is 65.3 Å². The molecule has 30 heavy (non-hydrogen) atoms. The molecule has 2 unspecified atom stereocenters. The molecule has 4 heterocycles. The van der Waals surface area contributed by atoms with Gasteiger partial charge in [0.15, 0.2) is 6.17 Å². The summed E-state index contributed by atoms with van der Waals surface area (Å²) in [5, 5.41) is 19.6. The molecule has 0 radical (unpaired) electrons. The third kappa shape index (κ3) is 2.65. The molecule has 1 aromatic carbocycles. The van der Waals surface area contributed by atoms with Gasteiger partial charge in [-0.3, -0.25) is 9.48 Å². The quantitative estimate of drug-likeness (QED) is 0.823. The lowest BCUT2D eigenvalue weighted by Gasteiger charge is -2.48. The van der Waals surface area contributed by atoms with Crippen molar-refractivity contribution in [3.63, 3.8) is 0 Å². The number of nitrogens with one attached hydrogen (secondary N) is 2. The van der Waals surface area contributed by atoms with E-state index < -0.39 is 5.41 Å². The van der Waals surface area contributed by atoms with E-state index in [4.69, 9.17) is 0 Å². The van der Waals surface area contributed by atoms with Crippen LogP contribution in [0.3, 0.4) is 0 Å². The first kappa shape index (κ1) is 18.8. The number of benzene rings is 1. The number of aromatic nitrogens is 2. The summed E-state index contributed by atoms with van der Waals surface area (Å²) in [5.74, 6) is -0.0198. The number of nitrogens with zero attached hydrogens (tertiary/aromatic N) is 4. The Morgan fingerprint density at radius 3 is 2.83 bits per heavy atom. The van der Waals surface area contributed by atoms with Gasteiger partial charge in [0.1, 0.15) is 0 Å². The van der Waals surface area contributed by atoms with Crippen LogP contribution in [0.4, 0.5) is 0 Å². The Morgan fingerprint density at radius 1 is 1.27 bits per heavy atom. The molecule has 2 atom stereocenters. The lowest BCUT2D eigenvalue weighted by Crippen LogP contribution is -2.58. The van der Waals surface area contributed by atoms with Gasteiger partial charge in [-0.1, -0.05) is 25.1 Å². The van der Waals surface area contributed by atoms with Crippen LogP contribution < -0.4 is 10.6 Å². The van der Waals surface area contributed by atoms with Gasteiger partial charge in [0, 0.05) is 42.0 Å². The van der Waals surface area contributed by atoms with Gasteiger partial charge in [0.2, 0.25) is 0 Å². The zero-order valence-corrected chi connectivity index (χ0v) is 17.7. The molecule has 7 nitrogen and oxygen atoms in total. The largest absolute Gasteiger partial charge is 0.362 e. The van der Waals surface area contributed by atoms with Gasteiger partial charge < -0.3 is 10.6 Å². The predicted molar refractivity (Wildman–Crippen MR) is 114 cm³/mol. The number of fused-ring (bicyclic) bond motifs is 1. The summed E-state index contributed by atoms with van der Waals surface area (Å²) < 4.78 is 1.80. The van der Waals surface area contributed by atoms with E-state index in [2.05, 4.69) is 71.0 Å². The first-order valence-electron chi connectivity index (χ1n) is 10.4. The van der Waals surface area contributed by atoms with Crippen LogP contribution in [-0.4, -0.2) is 27.4 Å². The highest BCUT2D eigenvalue weighted by atomic mass is 16.2. The highest BCUT2D eigenvalue weighted by Gasteiger charge is 2.53. The molecule has 0 aliphatic carbocycles. The van der Waals surface area contributed by atoms with Gasteiger partial charge in [-0.25, -0.2) is 0 Å². The van der Waals surface area contributed by atoms with Gasteiger partial charge in [-0.15, -0.1) is 0 Å². The predicted octanol–water partition coefficient (Wildman–Crippen LogP) is 3.57. The zero-order chi connectivity index (χ0) is 21.1. The Balaban J connectivity index is 1.74. The summed E-state index contributed by atoms with van der Waals surface area (Å²) >= 11 is 0. The van der Waals surface area contributed by atoms with Crippen molar-refractivity contribution in [2.24, 2.45) is 17.3 Å². The molecule has 0 bridgehead atoms. The van der Waals surface area contributed by atoms with E-state index in [0.717, 1.165) is 46.4 Å². The van der Waals surface area contributed by atoms with Crippen LogP contribution in [0.1, 0.15) is 39.2 Å². The monoisotopic (exact) mass is 402 g/mol. The van der Waals surface area contributed by atoms with E-state index in [1.807, 2.05) is 25.6 Å². The zero-order valence-electron chi connectivity index (χ0n) is 17.7. The van der Waals surface area contributed by atoms with Crippen LogP contribution in [0.15, 0.2) is 69.9 Å². The third-order valence-electron chi connectivity index (χ3n) is 6.43. The van der Waals surface area contributed by atoms with Crippen LogP contribution in [0.5, 0.6) is 0 Å². The first-order valence-corrected chi connectivity index (χ1v) is 10.4. The summed E-state index contributed by atoms with van der Waals surface area (Å²) in [6.45, 7) is 6.24. The van der Waals surface area contributed by atoms with Gasteiger partial charge >= 0.3 is 0 Å². The maximum atomic E-state index is 13.4. The van der Waals surface area contributed by atoms with Crippen LogP contribution in [0.25, 0.3) is 11.1 Å². The molecule has 2 aromatic rings. The van der Waals surface area contributed by atoms with Gasteiger partial charge in [-0.05, 0) is 37.5 Å². The highest BCUT2D eigenvalue weighted by molar-refractivity contribution is 6.00. The molecular formula is C23H26N6O. The van der Waals surface area contributed by atoms with Gasteiger partial charge in [0.25, 0.3) is 5.91 Å². The summed E-state index contributed by atoms with van der Waals surface area (Å²) in [6.07, 6.45) is 6.94. The van der Waals surface area contributed by atoms with Crippen molar-refractivity contribution >= 4 is 5.91 Å².